The van der Waals surface area contributed by atoms with Gasteiger partial charge in [0.2, 0.25) is 0 Å². The maximum absolute atomic E-state index is 12.5. The van der Waals surface area contributed by atoms with Crippen LogP contribution in [0.5, 0.6) is 0 Å². The Morgan fingerprint density at radius 3 is 2.33 bits per heavy atom. The highest BCUT2D eigenvalue weighted by Crippen LogP contribution is 2.19. The molecule has 3 aromatic rings. The molecule has 0 saturated heterocycles. The number of carbonyl (C=O) groups excluding carboxylic acids is 2. The smallest absolute Gasteiger partial charge is 0.275 e. The summed E-state index contributed by atoms with van der Waals surface area (Å²) in [5, 5.41) is 10.2. The normalized spacial score (nSPS) is 10.4. The number of benzene rings is 1. The summed E-state index contributed by atoms with van der Waals surface area (Å²) in [5.41, 5.74) is 1.40. The fraction of sp³-hybridized carbons (Fsp3) is 0.0625. The van der Waals surface area contributed by atoms with Gasteiger partial charge in [-0.15, -0.1) is 10.2 Å². The van der Waals surface area contributed by atoms with E-state index in [0.29, 0.717) is 21.5 Å². The molecule has 1 aromatic carbocycles. The van der Waals surface area contributed by atoms with Crippen LogP contribution in [-0.2, 0) is 0 Å². The standard InChI is InChI=1S/C16H12BrN5O2/c1-10(23)11-2-4-12(5-3-11)20-16(24)15-13(17)6-7-14(21-15)22-8-18-19-9-22/h2-9H,1H3,(H,20,24). The van der Waals surface area contributed by atoms with Gasteiger partial charge in [0, 0.05) is 15.7 Å². The molecule has 0 aliphatic rings. The molecule has 0 aliphatic heterocycles. The first-order valence-corrected chi connectivity index (χ1v) is 7.78. The number of hydrogen-bond acceptors (Lipinski definition) is 5. The number of carbonyl (C=O) groups is 2. The van der Waals surface area contributed by atoms with Crippen molar-refractivity contribution in [1.82, 2.24) is 19.7 Å². The van der Waals surface area contributed by atoms with Gasteiger partial charge in [0.25, 0.3) is 5.91 Å². The van der Waals surface area contributed by atoms with Crippen LogP contribution in [0.4, 0.5) is 5.69 Å². The zero-order valence-electron chi connectivity index (χ0n) is 12.6. The molecule has 0 radical (unpaired) electrons. The summed E-state index contributed by atoms with van der Waals surface area (Å²) in [7, 11) is 0. The molecule has 1 amide bonds. The number of aromatic nitrogens is 4. The van der Waals surface area contributed by atoms with Gasteiger partial charge in [-0.05, 0) is 59.3 Å². The molecule has 0 atom stereocenters. The molecule has 0 unspecified atom stereocenters. The summed E-state index contributed by atoms with van der Waals surface area (Å²) >= 11 is 3.33. The Kier molecular flexibility index (Phi) is 4.48. The lowest BCUT2D eigenvalue weighted by atomic mass is 10.1. The Hall–Kier alpha value is -2.87. The van der Waals surface area contributed by atoms with E-state index in [0.717, 1.165) is 0 Å². The lowest BCUT2D eigenvalue weighted by molar-refractivity contribution is 0.101. The van der Waals surface area contributed by atoms with Crippen molar-refractivity contribution in [3.8, 4) is 5.82 Å². The first-order valence-electron chi connectivity index (χ1n) is 6.98. The number of rotatable bonds is 4. The van der Waals surface area contributed by atoms with Gasteiger partial charge >= 0.3 is 0 Å². The van der Waals surface area contributed by atoms with Gasteiger partial charge in [0.15, 0.2) is 5.78 Å². The molecule has 3 rings (SSSR count). The van der Waals surface area contributed by atoms with Gasteiger partial charge in [-0.1, -0.05) is 0 Å². The van der Waals surface area contributed by atoms with Crippen LogP contribution < -0.4 is 5.32 Å². The highest BCUT2D eigenvalue weighted by molar-refractivity contribution is 9.10. The Morgan fingerprint density at radius 2 is 1.71 bits per heavy atom. The molecule has 0 spiro atoms. The lowest BCUT2D eigenvalue weighted by Crippen LogP contribution is -2.15. The summed E-state index contributed by atoms with van der Waals surface area (Å²) in [5.74, 6) is 0.131. The minimum atomic E-state index is -0.368. The lowest BCUT2D eigenvalue weighted by Gasteiger charge is -2.08. The van der Waals surface area contributed by atoms with Crippen molar-refractivity contribution in [2.24, 2.45) is 0 Å². The Bertz CT molecular complexity index is 891. The highest BCUT2D eigenvalue weighted by Gasteiger charge is 2.14. The van der Waals surface area contributed by atoms with Gasteiger partial charge < -0.3 is 5.32 Å². The average Bonchev–Trinajstić information content (AvgIpc) is 3.10. The third-order valence-electron chi connectivity index (χ3n) is 3.28. The maximum atomic E-state index is 12.5. The molecular formula is C16H12BrN5O2. The van der Waals surface area contributed by atoms with E-state index in [2.05, 4.69) is 36.4 Å². The fourth-order valence-corrected chi connectivity index (χ4v) is 2.43. The van der Waals surface area contributed by atoms with Crippen LogP contribution in [0.1, 0.15) is 27.8 Å². The number of pyridine rings is 1. The van der Waals surface area contributed by atoms with E-state index in [1.165, 1.54) is 19.6 Å². The van der Waals surface area contributed by atoms with Crippen molar-refractivity contribution in [3.63, 3.8) is 0 Å². The van der Waals surface area contributed by atoms with Crippen LogP contribution in [0.3, 0.4) is 0 Å². The Balaban J connectivity index is 1.84. The molecule has 0 saturated carbocycles. The SMILES string of the molecule is CC(=O)c1ccc(NC(=O)c2nc(-n3cnnc3)ccc2Br)cc1. The van der Waals surface area contributed by atoms with Crippen molar-refractivity contribution in [3.05, 3.63) is 64.8 Å². The Labute approximate surface area is 145 Å². The van der Waals surface area contributed by atoms with Crippen LogP contribution in [0.2, 0.25) is 0 Å². The van der Waals surface area contributed by atoms with E-state index in [-0.39, 0.29) is 17.4 Å². The molecule has 0 fully saturated rings. The fourth-order valence-electron chi connectivity index (χ4n) is 2.03. The quantitative estimate of drug-likeness (QED) is 0.697. The first-order chi connectivity index (χ1) is 11.5. The zero-order valence-corrected chi connectivity index (χ0v) is 14.2. The Morgan fingerprint density at radius 1 is 1.04 bits per heavy atom. The van der Waals surface area contributed by atoms with Gasteiger partial charge in [0.05, 0.1) is 0 Å². The molecule has 120 valence electrons. The second-order valence-corrected chi connectivity index (χ2v) is 5.81. The van der Waals surface area contributed by atoms with Crippen LogP contribution in [-0.4, -0.2) is 31.4 Å². The second-order valence-electron chi connectivity index (χ2n) is 4.96. The van der Waals surface area contributed by atoms with Crippen molar-refractivity contribution >= 4 is 33.3 Å². The maximum Gasteiger partial charge on any atom is 0.275 e. The number of Topliss-reactive ketones (excluding diaryl/α,β-unsaturated/α-hetero) is 1. The largest absolute Gasteiger partial charge is 0.321 e. The van der Waals surface area contributed by atoms with Crippen molar-refractivity contribution in [2.45, 2.75) is 6.92 Å². The van der Waals surface area contributed by atoms with Gasteiger partial charge in [0.1, 0.15) is 24.2 Å². The summed E-state index contributed by atoms with van der Waals surface area (Å²) in [6.45, 7) is 1.49. The summed E-state index contributed by atoms with van der Waals surface area (Å²) in [4.78, 5) is 28.1. The molecule has 0 aliphatic carbocycles. The molecule has 2 heterocycles. The predicted molar refractivity (Wildman–Crippen MR) is 91.3 cm³/mol. The summed E-state index contributed by atoms with van der Waals surface area (Å²) in [6.07, 6.45) is 3.00. The van der Waals surface area contributed by atoms with E-state index in [9.17, 15) is 9.59 Å². The number of nitrogens with one attached hydrogen (secondary N) is 1. The van der Waals surface area contributed by atoms with Gasteiger partial charge in [-0.3, -0.25) is 14.2 Å². The predicted octanol–water partition coefficient (Wildman–Crippen LogP) is 2.88. The van der Waals surface area contributed by atoms with Crippen LogP contribution >= 0.6 is 15.9 Å². The minimum absolute atomic E-state index is 0.0288. The molecule has 24 heavy (non-hydrogen) atoms. The van der Waals surface area contributed by atoms with E-state index < -0.39 is 0 Å². The topological polar surface area (TPSA) is 89.8 Å². The summed E-state index contributed by atoms with van der Waals surface area (Å²) in [6, 6.07) is 10.1. The monoisotopic (exact) mass is 385 g/mol. The third-order valence-corrected chi connectivity index (χ3v) is 3.92. The number of halogens is 1. The number of amides is 1. The number of anilines is 1. The minimum Gasteiger partial charge on any atom is -0.321 e. The molecule has 8 heteroatoms. The van der Waals surface area contributed by atoms with E-state index >= 15 is 0 Å². The first kappa shape index (κ1) is 16.0. The van der Waals surface area contributed by atoms with Gasteiger partial charge in [-0.2, -0.15) is 0 Å². The second kappa shape index (κ2) is 6.71. The van der Waals surface area contributed by atoms with Gasteiger partial charge in [-0.25, -0.2) is 4.98 Å². The number of ketones is 1. The van der Waals surface area contributed by atoms with Crippen molar-refractivity contribution in [2.75, 3.05) is 5.32 Å². The average molecular weight is 386 g/mol. The molecule has 0 bridgehead atoms. The van der Waals surface area contributed by atoms with Crippen LogP contribution in [0.25, 0.3) is 5.82 Å². The van der Waals surface area contributed by atoms with Crippen molar-refractivity contribution < 1.29 is 9.59 Å². The van der Waals surface area contributed by atoms with Crippen LogP contribution in [0.15, 0.2) is 53.5 Å². The zero-order chi connectivity index (χ0) is 17.1. The van der Waals surface area contributed by atoms with E-state index in [1.54, 1.807) is 41.0 Å². The van der Waals surface area contributed by atoms with E-state index in [4.69, 9.17) is 0 Å². The molecule has 1 N–H and O–H groups in total. The van der Waals surface area contributed by atoms with E-state index in [1.807, 2.05) is 0 Å². The molecular weight excluding hydrogens is 374 g/mol. The molecule has 7 nitrogen and oxygen atoms in total. The van der Waals surface area contributed by atoms with Crippen molar-refractivity contribution in [1.29, 1.82) is 0 Å². The molecule has 2 aromatic heterocycles. The number of hydrogen-bond donors (Lipinski definition) is 1. The highest BCUT2D eigenvalue weighted by atomic mass is 79.9. The third kappa shape index (κ3) is 3.38. The van der Waals surface area contributed by atoms with Crippen LogP contribution in [0, 0.1) is 0 Å². The number of nitrogens with zero attached hydrogens (tertiary/aromatic N) is 4. The summed E-state index contributed by atoms with van der Waals surface area (Å²) < 4.78 is 2.17.